The Hall–Kier alpha value is -2.93. The summed E-state index contributed by atoms with van der Waals surface area (Å²) in [7, 11) is 1.52. The van der Waals surface area contributed by atoms with Crippen LogP contribution in [0, 0.1) is 14.1 Å². The number of ether oxygens (including phenoxy) is 2. The first-order valence-electron chi connectivity index (χ1n) is 10.5. The summed E-state index contributed by atoms with van der Waals surface area (Å²) in [6.07, 6.45) is 1.44. The molecule has 1 aliphatic rings. The number of hydrogen-bond acceptors (Lipinski definition) is 5. The molecule has 1 aliphatic heterocycles. The third-order valence-electron chi connectivity index (χ3n) is 5.25. The van der Waals surface area contributed by atoms with Crippen LogP contribution in [-0.2, 0) is 16.2 Å². The normalized spacial score (nSPS) is 14.8. The van der Waals surface area contributed by atoms with Crippen molar-refractivity contribution in [3.05, 3.63) is 90.1 Å². The largest absolute Gasteiger partial charge is 0.493 e. The molecule has 1 saturated heterocycles. The standard InChI is InChI=1S/C26H20I2N2O5/c1-15-3-9-19(10-4-15)30-25(32)20(24(31)29-26(30)33)11-17-12-21(28)23(22(13-17)34-2)35-14-16-5-7-18(27)8-6-16/h3-13H,14H2,1-2H3,(H,29,31,33)/b20-11+. The third kappa shape index (κ3) is 5.67. The zero-order chi connectivity index (χ0) is 25.1. The summed E-state index contributed by atoms with van der Waals surface area (Å²) in [5.74, 6) is -0.430. The van der Waals surface area contributed by atoms with Gasteiger partial charge in [0.05, 0.1) is 16.4 Å². The highest BCUT2D eigenvalue weighted by Crippen LogP contribution is 2.35. The Balaban J connectivity index is 1.63. The molecule has 35 heavy (non-hydrogen) atoms. The van der Waals surface area contributed by atoms with Crippen molar-refractivity contribution >= 4 is 74.8 Å². The first-order chi connectivity index (χ1) is 16.8. The summed E-state index contributed by atoms with van der Waals surface area (Å²) in [6.45, 7) is 2.26. The van der Waals surface area contributed by atoms with Crippen molar-refractivity contribution < 1.29 is 23.9 Å². The van der Waals surface area contributed by atoms with Crippen molar-refractivity contribution in [2.75, 3.05) is 12.0 Å². The second-order valence-electron chi connectivity index (χ2n) is 7.74. The molecule has 0 bridgehead atoms. The average Bonchev–Trinajstić information content (AvgIpc) is 2.83. The van der Waals surface area contributed by atoms with E-state index in [0.29, 0.717) is 29.4 Å². The maximum absolute atomic E-state index is 13.1. The van der Waals surface area contributed by atoms with E-state index in [1.54, 1.807) is 36.4 Å². The number of aryl methyl sites for hydroxylation is 1. The molecule has 0 radical (unpaired) electrons. The zero-order valence-corrected chi connectivity index (χ0v) is 23.1. The quantitative estimate of drug-likeness (QED) is 0.211. The van der Waals surface area contributed by atoms with Crippen molar-refractivity contribution in [3.8, 4) is 11.5 Å². The molecule has 3 aromatic carbocycles. The van der Waals surface area contributed by atoms with Crippen molar-refractivity contribution in [1.82, 2.24) is 5.32 Å². The number of nitrogens with zero attached hydrogens (tertiary/aromatic N) is 1. The molecule has 7 nitrogen and oxygen atoms in total. The smallest absolute Gasteiger partial charge is 0.335 e. The van der Waals surface area contributed by atoms with E-state index in [1.165, 1.54) is 13.2 Å². The molecule has 0 spiro atoms. The number of amides is 4. The number of carbonyl (C=O) groups excluding carboxylic acids is 3. The number of carbonyl (C=O) groups is 3. The van der Waals surface area contributed by atoms with Crippen LogP contribution in [0.25, 0.3) is 6.08 Å². The van der Waals surface area contributed by atoms with Gasteiger partial charge < -0.3 is 9.47 Å². The predicted molar refractivity (Wildman–Crippen MR) is 149 cm³/mol. The summed E-state index contributed by atoms with van der Waals surface area (Å²) >= 11 is 4.37. The third-order valence-corrected chi connectivity index (χ3v) is 6.77. The molecule has 0 aromatic heterocycles. The number of nitrogens with one attached hydrogen (secondary N) is 1. The number of halogens is 2. The number of anilines is 1. The molecule has 1 N–H and O–H groups in total. The van der Waals surface area contributed by atoms with Gasteiger partial charge in [-0.2, -0.15) is 0 Å². The minimum atomic E-state index is -0.785. The minimum Gasteiger partial charge on any atom is -0.493 e. The van der Waals surface area contributed by atoms with Crippen LogP contribution in [0.5, 0.6) is 11.5 Å². The van der Waals surface area contributed by atoms with Crippen molar-refractivity contribution in [3.63, 3.8) is 0 Å². The second kappa shape index (κ2) is 10.8. The predicted octanol–water partition coefficient (Wildman–Crippen LogP) is 5.46. The molecule has 1 fully saturated rings. The lowest BCUT2D eigenvalue weighted by Crippen LogP contribution is -2.54. The maximum Gasteiger partial charge on any atom is 0.335 e. The Labute approximate surface area is 229 Å². The second-order valence-corrected chi connectivity index (χ2v) is 10.2. The van der Waals surface area contributed by atoms with Crippen LogP contribution in [0.4, 0.5) is 10.5 Å². The van der Waals surface area contributed by atoms with E-state index in [1.807, 2.05) is 31.2 Å². The Morgan fingerprint density at radius 2 is 1.66 bits per heavy atom. The fraction of sp³-hybridized carbons (Fsp3) is 0.115. The molecule has 178 valence electrons. The topological polar surface area (TPSA) is 84.9 Å². The number of benzene rings is 3. The van der Waals surface area contributed by atoms with E-state index in [9.17, 15) is 14.4 Å². The van der Waals surface area contributed by atoms with Crippen molar-refractivity contribution in [1.29, 1.82) is 0 Å². The molecule has 0 aliphatic carbocycles. The number of imide groups is 2. The fourth-order valence-corrected chi connectivity index (χ4v) is 4.59. The summed E-state index contributed by atoms with van der Waals surface area (Å²) in [6, 6.07) is 17.6. The van der Waals surface area contributed by atoms with E-state index in [-0.39, 0.29) is 5.57 Å². The zero-order valence-electron chi connectivity index (χ0n) is 18.8. The molecule has 3 aromatic rings. The van der Waals surface area contributed by atoms with Gasteiger partial charge in [-0.1, -0.05) is 29.8 Å². The minimum absolute atomic E-state index is 0.157. The highest BCUT2D eigenvalue weighted by molar-refractivity contribution is 14.1. The average molecular weight is 694 g/mol. The molecule has 0 atom stereocenters. The summed E-state index contributed by atoms with van der Waals surface area (Å²) in [5, 5.41) is 2.24. The van der Waals surface area contributed by atoms with Gasteiger partial charge in [0.15, 0.2) is 11.5 Å². The number of barbiturate groups is 1. The van der Waals surface area contributed by atoms with Crippen LogP contribution in [0.2, 0.25) is 0 Å². The van der Waals surface area contributed by atoms with E-state index in [0.717, 1.165) is 23.2 Å². The van der Waals surface area contributed by atoms with Gasteiger partial charge in [-0.05, 0) is 106 Å². The van der Waals surface area contributed by atoms with Crippen LogP contribution in [0.3, 0.4) is 0 Å². The van der Waals surface area contributed by atoms with Gasteiger partial charge in [0.1, 0.15) is 12.2 Å². The summed E-state index contributed by atoms with van der Waals surface area (Å²) in [5.41, 5.74) is 2.78. The Kier molecular flexibility index (Phi) is 7.75. The monoisotopic (exact) mass is 694 g/mol. The number of rotatable bonds is 6. The van der Waals surface area contributed by atoms with Gasteiger partial charge in [0, 0.05) is 3.57 Å². The Bertz CT molecular complexity index is 1340. The van der Waals surface area contributed by atoms with Gasteiger partial charge in [0.25, 0.3) is 11.8 Å². The van der Waals surface area contributed by atoms with E-state index in [2.05, 4.69) is 50.5 Å². The molecule has 0 saturated carbocycles. The van der Waals surface area contributed by atoms with Crippen LogP contribution in [-0.4, -0.2) is 25.0 Å². The molecule has 0 unspecified atom stereocenters. The van der Waals surface area contributed by atoms with Crippen LogP contribution < -0.4 is 19.7 Å². The molecule has 4 rings (SSSR count). The van der Waals surface area contributed by atoms with Crippen LogP contribution in [0.15, 0.2) is 66.2 Å². The van der Waals surface area contributed by atoms with Crippen LogP contribution >= 0.6 is 45.2 Å². The van der Waals surface area contributed by atoms with Gasteiger partial charge in [-0.3, -0.25) is 14.9 Å². The lowest BCUT2D eigenvalue weighted by molar-refractivity contribution is -0.122. The van der Waals surface area contributed by atoms with Crippen molar-refractivity contribution in [2.24, 2.45) is 0 Å². The number of urea groups is 1. The lowest BCUT2D eigenvalue weighted by atomic mass is 10.1. The lowest BCUT2D eigenvalue weighted by Gasteiger charge is -2.26. The summed E-state index contributed by atoms with van der Waals surface area (Å²) in [4.78, 5) is 39.0. The van der Waals surface area contributed by atoms with Gasteiger partial charge >= 0.3 is 6.03 Å². The van der Waals surface area contributed by atoms with E-state index in [4.69, 9.17) is 9.47 Å². The van der Waals surface area contributed by atoms with E-state index < -0.39 is 17.8 Å². The Morgan fingerprint density at radius 3 is 2.31 bits per heavy atom. The molecule has 9 heteroatoms. The van der Waals surface area contributed by atoms with Crippen molar-refractivity contribution in [2.45, 2.75) is 13.5 Å². The SMILES string of the molecule is COc1cc(/C=C2\C(=O)NC(=O)N(c3ccc(C)cc3)C2=O)cc(I)c1OCc1ccc(I)cc1. The van der Waals surface area contributed by atoms with Crippen LogP contribution in [0.1, 0.15) is 16.7 Å². The van der Waals surface area contributed by atoms with Gasteiger partial charge in [-0.15, -0.1) is 0 Å². The first kappa shape index (κ1) is 25.2. The highest BCUT2D eigenvalue weighted by Gasteiger charge is 2.36. The first-order valence-corrected chi connectivity index (χ1v) is 12.7. The van der Waals surface area contributed by atoms with E-state index >= 15 is 0 Å². The highest BCUT2D eigenvalue weighted by atomic mass is 127. The number of methoxy groups -OCH3 is 1. The fourth-order valence-electron chi connectivity index (χ4n) is 3.45. The summed E-state index contributed by atoms with van der Waals surface area (Å²) < 4.78 is 13.4. The molecular formula is C26H20I2N2O5. The molecular weight excluding hydrogens is 674 g/mol. The molecule has 4 amide bonds. The molecule has 1 heterocycles. The van der Waals surface area contributed by atoms with Gasteiger partial charge in [-0.25, -0.2) is 9.69 Å². The maximum atomic E-state index is 13.1. The number of hydrogen-bond donors (Lipinski definition) is 1. The Morgan fingerprint density at radius 1 is 0.971 bits per heavy atom. The van der Waals surface area contributed by atoms with Gasteiger partial charge in [0.2, 0.25) is 0 Å².